The van der Waals surface area contributed by atoms with Crippen molar-refractivity contribution in [2.24, 2.45) is 0 Å². The number of rotatable bonds is 6. The lowest BCUT2D eigenvalue weighted by Gasteiger charge is -2.22. The van der Waals surface area contributed by atoms with Crippen LogP contribution in [0.15, 0.2) is 70.3 Å². The Hall–Kier alpha value is -2.15. The number of benzene rings is 1. The first-order valence-electron chi connectivity index (χ1n) is 7.65. The summed E-state index contributed by atoms with van der Waals surface area (Å²) in [5.41, 5.74) is 1.95. The van der Waals surface area contributed by atoms with Gasteiger partial charge in [-0.3, -0.25) is 0 Å². The van der Waals surface area contributed by atoms with Gasteiger partial charge in [-0.1, -0.05) is 35.9 Å². The zero-order valence-electron chi connectivity index (χ0n) is 13.6. The lowest BCUT2D eigenvalue weighted by Crippen LogP contribution is -2.30. The molecule has 0 fully saturated rings. The summed E-state index contributed by atoms with van der Waals surface area (Å²) in [6.07, 6.45) is 2.79. The van der Waals surface area contributed by atoms with Gasteiger partial charge < -0.3 is 4.42 Å². The van der Waals surface area contributed by atoms with E-state index >= 15 is 0 Å². The predicted molar refractivity (Wildman–Crippen MR) is 95.6 cm³/mol. The average Bonchev–Trinajstić information content (AvgIpc) is 3.10. The van der Waals surface area contributed by atoms with Crippen molar-refractivity contribution in [2.45, 2.75) is 24.9 Å². The van der Waals surface area contributed by atoms with Crippen molar-refractivity contribution < 1.29 is 12.8 Å². The van der Waals surface area contributed by atoms with Gasteiger partial charge in [0.1, 0.15) is 15.8 Å². The Bertz CT molecular complexity index is 939. The molecule has 3 rings (SSSR count). The van der Waals surface area contributed by atoms with Crippen LogP contribution in [0.1, 0.15) is 16.9 Å². The molecular weight excluding hydrogens is 360 g/mol. The molecule has 3 aromatic rings. The molecule has 2 heterocycles. The number of sulfonamides is 1. The Kier molecular flexibility index (Phi) is 5.22. The average molecular weight is 377 g/mol. The molecule has 0 radical (unpaired) electrons. The van der Waals surface area contributed by atoms with Gasteiger partial charge in [0.05, 0.1) is 12.8 Å². The van der Waals surface area contributed by atoms with E-state index in [4.69, 9.17) is 16.0 Å². The summed E-state index contributed by atoms with van der Waals surface area (Å²) in [6.45, 7) is 2.32. The van der Waals surface area contributed by atoms with E-state index < -0.39 is 10.0 Å². The zero-order valence-corrected chi connectivity index (χ0v) is 15.2. The molecule has 0 aliphatic heterocycles. The lowest BCUT2D eigenvalue weighted by molar-refractivity contribution is 0.358. The van der Waals surface area contributed by atoms with Crippen molar-refractivity contribution in [2.75, 3.05) is 0 Å². The van der Waals surface area contributed by atoms with Crippen LogP contribution in [0.5, 0.6) is 0 Å². The van der Waals surface area contributed by atoms with Crippen molar-refractivity contribution in [3.63, 3.8) is 0 Å². The summed E-state index contributed by atoms with van der Waals surface area (Å²) in [5, 5.41) is 0.246. The van der Waals surface area contributed by atoms with Crippen LogP contribution in [0, 0.1) is 6.92 Å². The number of nitrogens with zero attached hydrogens (tertiary/aromatic N) is 2. The lowest BCUT2D eigenvalue weighted by atomic mass is 10.1. The first-order valence-corrected chi connectivity index (χ1v) is 9.47. The van der Waals surface area contributed by atoms with Crippen LogP contribution in [-0.4, -0.2) is 17.7 Å². The molecule has 25 heavy (non-hydrogen) atoms. The number of pyridine rings is 1. The highest BCUT2D eigenvalue weighted by Crippen LogP contribution is 2.22. The Morgan fingerprint density at radius 1 is 1.08 bits per heavy atom. The molecule has 0 N–H and O–H groups in total. The number of furan rings is 1. The van der Waals surface area contributed by atoms with Crippen LogP contribution >= 0.6 is 11.6 Å². The molecule has 2 aromatic heterocycles. The minimum Gasteiger partial charge on any atom is -0.468 e. The minimum atomic E-state index is -3.76. The molecule has 1 aromatic carbocycles. The van der Waals surface area contributed by atoms with E-state index in [2.05, 4.69) is 4.98 Å². The molecule has 0 atom stereocenters. The maximum atomic E-state index is 13.1. The van der Waals surface area contributed by atoms with Crippen molar-refractivity contribution in [3.8, 4) is 0 Å². The molecule has 0 aliphatic carbocycles. The van der Waals surface area contributed by atoms with Crippen LogP contribution in [-0.2, 0) is 23.1 Å². The van der Waals surface area contributed by atoms with Gasteiger partial charge in [-0.05, 0) is 42.3 Å². The molecule has 0 saturated carbocycles. The Balaban J connectivity index is 1.97. The third-order valence-corrected chi connectivity index (χ3v) is 5.86. The smallest absolute Gasteiger partial charge is 0.245 e. The van der Waals surface area contributed by atoms with E-state index in [1.807, 2.05) is 31.2 Å². The summed E-state index contributed by atoms with van der Waals surface area (Å²) in [6, 6.07) is 14.1. The summed E-state index contributed by atoms with van der Waals surface area (Å²) >= 11 is 5.77. The second kappa shape index (κ2) is 7.39. The summed E-state index contributed by atoms with van der Waals surface area (Å²) in [7, 11) is -3.76. The van der Waals surface area contributed by atoms with Crippen molar-refractivity contribution in [3.05, 3.63) is 83.0 Å². The molecule has 7 heteroatoms. The third-order valence-electron chi connectivity index (χ3n) is 3.86. The van der Waals surface area contributed by atoms with E-state index in [0.29, 0.717) is 5.76 Å². The molecule has 0 saturated heterocycles. The Labute approximate surface area is 151 Å². The second-order valence-corrected chi connectivity index (χ2v) is 7.92. The standard InChI is InChI=1S/C18H17ClN2O3S/c1-14-5-2-3-6-15(14)12-21(13-16-7-4-10-24-16)25(22,23)17-8-9-18(19)20-11-17/h2-11H,12-13H2,1H3. The zero-order chi connectivity index (χ0) is 17.9. The van der Waals surface area contributed by atoms with Gasteiger partial charge in [0.15, 0.2) is 0 Å². The first-order chi connectivity index (χ1) is 12.0. The monoisotopic (exact) mass is 376 g/mol. The van der Waals surface area contributed by atoms with E-state index in [1.54, 1.807) is 12.1 Å². The number of hydrogen-bond acceptors (Lipinski definition) is 4. The third kappa shape index (κ3) is 4.10. The van der Waals surface area contributed by atoms with E-state index in [-0.39, 0.29) is 23.1 Å². The van der Waals surface area contributed by atoms with Crippen LogP contribution in [0.4, 0.5) is 0 Å². The van der Waals surface area contributed by atoms with Crippen molar-refractivity contribution in [1.29, 1.82) is 0 Å². The molecule has 0 amide bonds. The van der Waals surface area contributed by atoms with Crippen LogP contribution in [0.3, 0.4) is 0 Å². The fourth-order valence-electron chi connectivity index (χ4n) is 2.44. The van der Waals surface area contributed by atoms with Gasteiger partial charge in [0.2, 0.25) is 10.0 Å². The van der Waals surface area contributed by atoms with Gasteiger partial charge in [-0.25, -0.2) is 13.4 Å². The molecular formula is C18H17ClN2O3S. The fourth-order valence-corrected chi connectivity index (χ4v) is 3.89. The Morgan fingerprint density at radius 2 is 1.88 bits per heavy atom. The maximum absolute atomic E-state index is 13.1. The first kappa shape index (κ1) is 17.7. The highest BCUT2D eigenvalue weighted by molar-refractivity contribution is 7.89. The maximum Gasteiger partial charge on any atom is 0.245 e. The normalized spacial score (nSPS) is 11.8. The minimum absolute atomic E-state index is 0.0945. The largest absolute Gasteiger partial charge is 0.468 e. The van der Waals surface area contributed by atoms with E-state index in [9.17, 15) is 8.42 Å². The molecule has 0 unspecified atom stereocenters. The second-order valence-electron chi connectivity index (χ2n) is 5.60. The number of aromatic nitrogens is 1. The topological polar surface area (TPSA) is 63.4 Å². The van der Waals surface area contributed by atoms with Crippen LogP contribution in [0.2, 0.25) is 5.15 Å². The molecule has 0 aliphatic rings. The molecule has 0 spiro atoms. The summed E-state index contributed by atoms with van der Waals surface area (Å²) in [5.74, 6) is 0.569. The van der Waals surface area contributed by atoms with Gasteiger partial charge >= 0.3 is 0 Å². The summed E-state index contributed by atoms with van der Waals surface area (Å²) < 4.78 is 32.9. The number of aryl methyl sites for hydroxylation is 1. The SMILES string of the molecule is Cc1ccccc1CN(Cc1ccco1)S(=O)(=O)c1ccc(Cl)nc1. The fraction of sp³-hybridized carbons (Fsp3) is 0.167. The van der Waals surface area contributed by atoms with Gasteiger partial charge in [0, 0.05) is 12.7 Å². The number of hydrogen-bond donors (Lipinski definition) is 0. The highest BCUT2D eigenvalue weighted by atomic mass is 35.5. The van der Waals surface area contributed by atoms with E-state index in [0.717, 1.165) is 11.1 Å². The van der Waals surface area contributed by atoms with Crippen LogP contribution < -0.4 is 0 Å². The van der Waals surface area contributed by atoms with Gasteiger partial charge in [0.25, 0.3) is 0 Å². The highest BCUT2D eigenvalue weighted by Gasteiger charge is 2.26. The Morgan fingerprint density at radius 3 is 2.52 bits per heavy atom. The molecule has 5 nitrogen and oxygen atoms in total. The number of halogens is 1. The van der Waals surface area contributed by atoms with Crippen molar-refractivity contribution in [1.82, 2.24) is 9.29 Å². The van der Waals surface area contributed by atoms with Gasteiger partial charge in [-0.2, -0.15) is 4.31 Å². The van der Waals surface area contributed by atoms with Crippen molar-refractivity contribution >= 4 is 21.6 Å². The van der Waals surface area contributed by atoms with Gasteiger partial charge in [-0.15, -0.1) is 0 Å². The summed E-state index contributed by atoms with van der Waals surface area (Å²) in [4.78, 5) is 3.98. The van der Waals surface area contributed by atoms with Crippen LogP contribution in [0.25, 0.3) is 0 Å². The molecule has 130 valence electrons. The molecule has 0 bridgehead atoms. The van der Waals surface area contributed by atoms with E-state index in [1.165, 1.54) is 28.9 Å². The quantitative estimate of drug-likeness (QED) is 0.609. The predicted octanol–water partition coefficient (Wildman–Crippen LogP) is 4.03.